The number of hydroxylamine groups is 1. The average Bonchev–Trinajstić information content (AvgIpc) is 3.35. The Bertz CT molecular complexity index is 945. The molecule has 7 nitrogen and oxygen atoms in total. The molecule has 2 aromatic carbocycles. The van der Waals surface area contributed by atoms with Gasteiger partial charge in [0.2, 0.25) is 6.23 Å². The van der Waals surface area contributed by atoms with Gasteiger partial charge in [0.25, 0.3) is 0 Å². The minimum atomic E-state index is -0.549. The molecular weight excluding hydrogens is 420 g/mol. The molecule has 0 amide bonds. The third-order valence-electron chi connectivity index (χ3n) is 4.75. The van der Waals surface area contributed by atoms with Crippen molar-refractivity contribution >= 4 is 17.4 Å². The van der Waals surface area contributed by atoms with Crippen LogP contribution in [0, 0.1) is 0 Å². The summed E-state index contributed by atoms with van der Waals surface area (Å²) >= 11 is 6.34. The fourth-order valence-corrected chi connectivity index (χ4v) is 3.54. The molecule has 2 aliphatic rings. The van der Waals surface area contributed by atoms with Gasteiger partial charge in [-0.3, -0.25) is 0 Å². The number of amidine groups is 1. The molecule has 2 heterocycles. The fourth-order valence-electron chi connectivity index (χ4n) is 3.32. The van der Waals surface area contributed by atoms with Crippen LogP contribution >= 0.6 is 11.6 Å². The Morgan fingerprint density at radius 3 is 2.61 bits per heavy atom. The van der Waals surface area contributed by atoms with Gasteiger partial charge in [-0.15, -0.1) is 0 Å². The first-order chi connectivity index (χ1) is 14.8. The molecule has 2 atom stereocenters. The third kappa shape index (κ3) is 5.49. The summed E-state index contributed by atoms with van der Waals surface area (Å²) in [5.74, 6) is 1.46. The molecule has 0 radical (unpaired) electrons. The third-order valence-corrected chi connectivity index (χ3v) is 5.05. The van der Waals surface area contributed by atoms with Crippen molar-refractivity contribution in [2.24, 2.45) is 4.99 Å². The van der Waals surface area contributed by atoms with E-state index < -0.39 is 12.0 Å². The number of aliphatic imine (C=N–C) groups is 1. The lowest BCUT2D eigenvalue weighted by molar-refractivity contribution is -0.141. The van der Waals surface area contributed by atoms with Crippen LogP contribution in [0.25, 0.3) is 0 Å². The summed E-state index contributed by atoms with van der Waals surface area (Å²) in [4.78, 5) is 10.3. The summed E-state index contributed by atoms with van der Waals surface area (Å²) in [6, 6.07) is 13.2. The number of nitrogens with zero attached hydrogens (tertiary/aromatic N) is 1. The molecule has 2 aromatic rings. The van der Waals surface area contributed by atoms with E-state index >= 15 is 0 Å². The van der Waals surface area contributed by atoms with Crippen LogP contribution in [-0.2, 0) is 14.3 Å². The molecule has 2 unspecified atom stereocenters. The maximum absolute atomic E-state index is 6.34. The number of hydrogen-bond donors (Lipinski definition) is 1. The maximum Gasteiger partial charge on any atom is 0.202 e. The Hall–Kier alpha value is -2.32. The lowest BCUT2D eigenvalue weighted by Gasteiger charge is -2.17. The van der Waals surface area contributed by atoms with Gasteiger partial charge in [0, 0.05) is 11.1 Å². The van der Waals surface area contributed by atoms with Crippen LogP contribution in [0.3, 0.4) is 0 Å². The zero-order chi connectivity index (χ0) is 22.0. The zero-order valence-electron chi connectivity index (χ0n) is 18.1. The van der Waals surface area contributed by atoms with Crippen LogP contribution in [0.5, 0.6) is 11.5 Å². The van der Waals surface area contributed by atoms with Crippen LogP contribution in [-0.4, -0.2) is 37.0 Å². The summed E-state index contributed by atoms with van der Waals surface area (Å²) in [6.07, 6.45) is -0.481. The molecule has 0 aromatic heterocycles. The van der Waals surface area contributed by atoms with E-state index in [1.54, 1.807) is 0 Å². The van der Waals surface area contributed by atoms with Crippen molar-refractivity contribution in [3.63, 3.8) is 0 Å². The van der Waals surface area contributed by atoms with Crippen molar-refractivity contribution in [3.8, 4) is 11.5 Å². The Morgan fingerprint density at radius 1 is 1.19 bits per heavy atom. The molecule has 1 N–H and O–H groups in total. The average molecular weight is 447 g/mol. The normalized spacial score (nSPS) is 22.3. The predicted octanol–water partition coefficient (Wildman–Crippen LogP) is 4.64. The second-order valence-electron chi connectivity index (χ2n) is 8.19. The first kappa shape index (κ1) is 21.9. The van der Waals surface area contributed by atoms with E-state index in [1.165, 1.54) is 0 Å². The second-order valence-corrected chi connectivity index (χ2v) is 8.60. The van der Waals surface area contributed by atoms with Crippen molar-refractivity contribution in [3.05, 3.63) is 58.6 Å². The fraction of sp³-hybridized carbons (Fsp3) is 0.435. The highest BCUT2D eigenvalue weighted by atomic mass is 35.5. The molecule has 166 valence electrons. The molecule has 0 saturated carbocycles. The van der Waals surface area contributed by atoms with Crippen molar-refractivity contribution in [1.82, 2.24) is 5.48 Å². The summed E-state index contributed by atoms with van der Waals surface area (Å²) in [6.45, 7) is 8.67. The van der Waals surface area contributed by atoms with Gasteiger partial charge in [0.15, 0.2) is 11.6 Å². The first-order valence-electron chi connectivity index (χ1n) is 10.3. The number of benzene rings is 2. The standard InChI is InChI=1S/C23H27ClN2O5/c1-14(2)29-20-10-7-16(11-19(20)24)21-25-22(31-26-21)15-5-8-17(9-6-15)27-12-18-13-28-23(3,4)30-18/h5-11,14,18,22H,12-13H2,1-4H3,(H,25,26). The topological polar surface area (TPSA) is 70.5 Å². The molecule has 0 bridgehead atoms. The molecule has 1 saturated heterocycles. The van der Waals surface area contributed by atoms with E-state index in [0.29, 0.717) is 29.8 Å². The zero-order valence-corrected chi connectivity index (χ0v) is 18.8. The van der Waals surface area contributed by atoms with E-state index in [4.69, 9.17) is 35.4 Å². The molecule has 0 spiro atoms. The van der Waals surface area contributed by atoms with Crippen molar-refractivity contribution in [1.29, 1.82) is 0 Å². The number of rotatable bonds is 7. The molecule has 0 aliphatic carbocycles. The Labute approximate surface area is 187 Å². The van der Waals surface area contributed by atoms with Gasteiger partial charge in [-0.1, -0.05) is 23.7 Å². The molecule has 8 heteroatoms. The summed E-state index contributed by atoms with van der Waals surface area (Å²) < 4.78 is 22.8. The van der Waals surface area contributed by atoms with Gasteiger partial charge in [-0.2, -0.15) is 0 Å². The van der Waals surface area contributed by atoms with Crippen LogP contribution in [0.2, 0.25) is 5.02 Å². The highest BCUT2D eigenvalue weighted by Gasteiger charge is 2.33. The summed E-state index contributed by atoms with van der Waals surface area (Å²) in [5.41, 5.74) is 4.61. The minimum absolute atomic E-state index is 0.0517. The van der Waals surface area contributed by atoms with E-state index in [2.05, 4.69) is 10.5 Å². The lowest BCUT2D eigenvalue weighted by atomic mass is 10.2. The Balaban J connectivity index is 1.37. The van der Waals surface area contributed by atoms with Gasteiger partial charge in [0.05, 0.1) is 17.7 Å². The quantitative estimate of drug-likeness (QED) is 0.668. The molecule has 31 heavy (non-hydrogen) atoms. The molecule has 1 fully saturated rings. The second kappa shape index (κ2) is 9.04. The summed E-state index contributed by atoms with van der Waals surface area (Å²) in [5, 5.41) is 0.528. The van der Waals surface area contributed by atoms with Crippen LogP contribution in [0.15, 0.2) is 47.5 Å². The van der Waals surface area contributed by atoms with E-state index in [1.807, 2.05) is 70.2 Å². The predicted molar refractivity (Wildman–Crippen MR) is 118 cm³/mol. The number of ether oxygens (including phenoxy) is 4. The van der Waals surface area contributed by atoms with Gasteiger partial charge >= 0.3 is 0 Å². The number of nitrogens with one attached hydrogen (secondary N) is 1. The highest BCUT2D eigenvalue weighted by molar-refractivity contribution is 6.32. The lowest BCUT2D eigenvalue weighted by Crippen LogP contribution is -2.25. The van der Waals surface area contributed by atoms with E-state index in [0.717, 1.165) is 16.9 Å². The van der Waals surface area contributed by atoms with Gasteiger partial charge < -0.3 is 18.9 Å². The van der Waals surface area contributed by atoms with Crippen molar-refractivity contribution < 1.29 is 23.8 Å². The van der Waals surface area contributed by atoms with Crippen LogP contribution in [0.4, 0.5) is 0 Å². The SMILES string of the molecule is CC(C)Oc1ccc(C2=NC(c3ccc(OCC4COC(C)(C)O4)cc3)ON2)cc1Cl. The van der Waals surface area contributed by atoms with E-state index in [9.17, 15) is 0 Å². The van der Waals surface area contributed by atoms with Crippen LogP contribution in [0.1, 0.15) is 45.0 Å². The molecule has 4 rings (SSSR count). The Morgan fingerprint density at radius 2 is 1.97 bits per heavy atom. The van der Waals surface area contributed by atoms with Crippen molar-refractivity contribution in [2.75, 3.05) is 13.2 Å². The first-order valence-corrected chi connectivity index (χ1v) is 10.7. The Kier molecular flexibility index (Phi) is 6.39. The molecular formula is C23H27ClN2O5. The highest BCUT2D eigenvalue weighted by Crippen LogP contribution is 2.30. The smallest absolute Gasteiger partial charge is 0.202 e. The van der Waals surface area contributed by atoms with Gasteiger partial charge in [-0.05, 0) is 58.0 Å². The monoisotopic (exact) mass is 446 g/mol. The maximum atomic E-state index is 6.34. The van der Waals surface area contributed by atoms with Gasteiger partial charge in [0.1, 0.15) is 24.2 Å². The molecule has 2 aliphatic heterocycles. The minimum Gasteiger partial charge on any atom is -0.491 e. The summed E-state index contributed by atoms with van der Waals surface area (Å²) in [7, 11) is 0. The van der Waals surface area contributed by atoms with Crippen LogP contribution < -0.4 is 15.0 Å². The van der Waals surface area contributed by atoms with Gasteiger partial charge in [-0.25, -0.2) is 15.3 Å². The van der Waals surface area contributed by atoms with E-state index in [-0.39, 0.29) is 12.2 Å². The number of hydrogen-bond acceptors (Lipinski definition) is 7. The van der Waals surface area contributed by atoms with Crippen molar-refractivity contribution in [2.45, 2.75) is 51.9 Å². The largest absolute Gasteiger partial charge is 0.491 e. The number of halogens is 1.